The highest BCUT2D eigenvalue weighted by molar-refractivity contribution is 6.33. The standard InChI is InChI=1S/C14H22ClFN4/c1-9(2)7-19-4-5-20(10(3)8-19)12-6-11(17)13(15)14(16)18-12/h6,9-10H,4-5,7-8H2,1-3H3,(H2,17,18). The highest BCUT2D eigenvalue weighted by Crippen LogP contribution is 2.27. The Hall–Kier alpha value is -1.07. The predicted octanol–water partition coefficient (Wildman–Crippen LogP) is 2.62. The highest BCUT2D eigenvalue weighted by atomic mass is 35.5. The van der Waals surface area contributed by atoms with E-state index in [2.05, 4.69) is 35.6 Å². The third-order valence-corrected chi connectivity index (χ3v) is 3.94. The number of nitrogen functional groups attached to an aromatic ring is 1. The lowest BCUT2D eigenvalue weighted by atomic mass is 10.1. The van der Waals surface area contributed by atoms with E-state index >= 15 is 0 Å². The molecule has 0 aromatic carbocycles. The van der Waals surface area contributed by atoms with Crippen LogP contribution in [0.1, 0.15) is 20.8 Å². The molecule has 0 aliphatic carbocycles. The Morgan fingerprint density at radius 1 is 1.50 bits per heavy atom. The molecule has 0 amide bonds. The Bertz CT molecular complexity index is 457. The van der Waals surface area contributed by atoms with Gasteiger partial charge in [0.25, 0.3) is 0 Å². The van der Waals surface area contributed by atoms with E-state index in [0.29, 0.717) is 11.7 Å². The normalized spacial score (nSPS) is 20.7. The van der Waals surface area contributed by atoms with Crippen LogP contribution >= 0.6 is 11.6 Å². The molecule has 2 heterocycles. The third-order valence-electron chi connectivity index (χ3n) is 3.56. The molecule has 2 N–H and O–H groups in total. The molecule has 0 radical (unpaired) electrons. The van der Waals surface area contributed by atoms with E-state index in [9.17, 15) is 4.39 Å². The average Bonchev–Trinajstić information content (AvgIpc) is 2.34. The van der Waals surface area contributed by atoms with Crippen LogP contribution in [0.2, 0.25) is 5.02 Å². The molecule has 1 aromatic heterocycles. The maximum atomic E-state index is 13.6. The molecule has 1 atom stereocenters. The Balaban J connectivity index is 2.11. The summed E-state index contributed by atoms with van der Waals surface area (Å²) in [5.74, 6) is 0.523. The predicted molar refractivity (Wildman–Crippen MR) is 81.7 cm³/mol. The maximum Gasteiger partial charge on any atom is 0.235 e. The number of pyridine rings is 1. The molecule has 20 heavy (non-hydrogen) atoms. The van der Waals surface area contributed by atoms with Crippen molar-refractivity contribution in [3.05, 3.63) is 17.0 Å². The molecule has 112 valence electrons. The summed E-state index contributed by atoms with van der Waals surface area (Å²) >= 11 is 5.72. The summed E-state index contributed by atoms with van der Waals surface area (Å²) in [4.78, 5) is 8.44. The maximum absolute atomic E-state index is 13.6. The van der Waals surface area contributed by atoms with E-state index in [1.54, 1.807) is 6.07 Å². The molecule has 1 aliphatic rings. The molecule has 1 aliphatic heterocycles. The molecule has 2 rings (SSSR count). The summed E-state index contributed by atoms with van der Waals surface area (Å²) in [5, 5.41) is -0.0974. The molecule has 0 spiro atoms. The molecule has 0 bridgehead atoms. The zero-order valence-corrected chi connectivity index (χ0v) is 13.0. The van der Waals surface area contributed by atoms with Crippen molar-refractivity contribution in [1.29, 1.82) is 0 Å². The van der Waals surface area contributed by atoms with E-state index in [-0.39, 0.29) is 16.8 Å². The van der Waals surface area contributed by atoms with Crippen LogP contribution in [0.3, 0.4) is 0 Å². The van der Waals surface area contributed by atoms with Gasteiger partial charge in [-0.25, -0.2) is 4.98 Å². The first-order valence-corrected chi connectivity index (χ1v) is 7.36. The van der Waals surface area contributed by atoms with Gasteiger partial charge in [-0.05, 0) is 12.8 Å². The van der Waals surface area contributed by atoms with E-state index in [1.165, 1.54) is 0 Å². The smallest absolute Gasteiger partial charge is 0.235 e. The third kappa shape index (κ3) is 3.33. The van der Waals surface area contributed by atoms with Crippen LogP contribution in [-0.2, 0) is 0 Å². The van der Waals surface area contributed by atoms with Crippen molar-refractivity contribution in [3.63, 3.8) is 0 Å². The van der Waals surface area contributed by atoms with Crippen LogP contribution in [0.25, 0.3) is 0 Å². The highest BCUT2D eigenvalue weighted by Gasteiger charge is 2.26. The molecule has 1 aromatic rings. The fourth-order valence-corrected chi connectivity index (χ4v) is 2.80. The average molecular weight is 301 g/mol. The Morgan fingerprint density at radius 2 is 2.20 bits per heavy atom. The second kappa shape index (κ2) is 6.14. The summed E-state index contributed by atoms with van der Waals surface area (Å²) in [5.41, 5.74) is 5.96. The van der Waals surface area contributed by atoms with Gasteiger partial charge < -0.3 is 10.6 Å². The second-order valence-electron chi connectivity index (χ2n) is 5.87. The second-order valence-corrected chi connectivity index (χ2v) is 6.25. The molecule has 1 unspecified atom stereocenters. The minimum atomic E-state index is -0.696. The molecule has 1 saturated heterocycles. The van der Waals surface area contributed by atoms with Gasteiger partial charge in [-0.15, -0.1) is 0 Å². The van der Waals surface area contributed by atoms with Gasteiger partial charge in [0.15, 0.2) is 0 Å². The number of nitrogens with zero attached hydrogens (tertiary/aromatic N) is 3. The fourth-order valence-electron chi connectivity index (χ4n) is 2.71. The fraction of sp³-hybridized carbons (Fsp3) is 0.643. The van der Waals surface area contributed by atoms with Gasteiger partial charge in [0.2, 0.25) is 5.95 Å². The van der Waals surface area contributed by atoms with E-state index in [1.807, 2.05) is 0 Å². The van der Waals surface area contributed by atoms with Gasteiger partial charge in [0, 0.05) is 38.3 Å². The summed E-state index contributed by atoms with van der Waals surface area (Å²) in [6.07, 6.45) is 0. The Kier molecular flexibility index (Phi) is 4.70. The molecule has 4 nitrogen and oxygen atoms in total. The molecular weight excluding hydrogens is 279 g/mol. The van der Waals surface area contributed by atoms with Gasteiger partial charge in [-0.1, -0.05) is 25.4 Å². The van der Waals surface area contributed by atoms with Crippen molar-refractivity contribution in [1.82, 2.24) is 9.88 Å². The summed E-state index contributed by atoms with van der Waals surface area (Å²) in [7, 11) is 0. The van der Waals surface area contributed by atoms with Gasteiger partial charge in [0.1, 0.15) is 10.8 Å². The zero-order chi connectivity index (χ0) is 14.9. The lowest BCUT2D eigenvalue weighted by molar-refractivity contribution is 0.206. The topological polar surface area (TPSA) is 45.4 Å². The molecule has 6 heteroatoms. The van der Waals surface area contributed by atoms with Gasteiger partial charge in [-0.3, -0.25) is 4.90 Å². The first-order chi connectivity index (χ1) is 9.38. The van der Waals surface area contributed by atoms with Crippen molar-refractivity contribution in [3.8, 4) is 0 Å². The largest absolute Gasteiger partial charge is 0.397 e. The van der Waals surface area contributed by atoms with Crippen molar-refractivity contribution in [2.75, 3.05) is 36.8 Å². The van der Waals surface area contributed by atoms with E-state index in [4.69, 9.17) is 17.3 Å². The lowest BCUT2D eigenvalue weighted by Gasteiger charge is -2.41. The summed E-state index contributed by atoms with van der Waals surface area (Å²) in [6.45, 7) is 10.4. The number of hydrogen-bond donors (Lipinski definition) is 1. The SMILES string of the molecule is CC(C)CN1CCN(c2cc(N)c(Cl)c(F)n2)C(C)C1. The minimum absolute atomic E-state index is 0.0974. The molecule has 1 fully saturated rings. The Labute approximate surface area is 124 Å². The quantitative estimate of drug-likeness (QED) is 0.872. The molecule has 0 saturated carbocycles. The van der Waals surface area contributed by atoms with Crippen LogP contribution in [0.5, 0.6) is 0 Å². The monoisotopic (exact) mass is 300 g/mol. The van der Waals surface area contributed by atoms with E-state index < -0.39 is 5.95 Å². The summed E-state index contributed by atoms with van der Waals surface area (Å²) < 4.78 is 13.6. The van der Waals surface area contributed by atoms with Gasteiger partial charge in [0.05, 0.1) is 5.69 Å². The lowest BCUT2D eigenvalue weighted by Crippen LogP contribution is -2.53. The van der Waals surface area contributed by atoms with Gasteiger partial charge >= 0.3 is 0 Å². The van der Waals surface area contributed by atoms with Crippen LogP contribution < -0.4 is 10.6 Å². The van der Waals surface area contributed by atoms with Crippen molar-refractivity contribution in [2.45, 2.75) is 26.8 Å². The zero-order valence-electron chi connectivity index (χ0n) is 12.2. The van der Waals surface area contributed by atoms with Crippen LogP contribution in [0.4, 0.5) is 15.9 Å². The van der Waals surface area contributed by atoms with Gasteiger partial charge in [-0.2, -0.15) is 4.39 Å². The number of aromatic nitrogens is 1. The molecular formula is C14H22ClFN4. The number of hydrogen-bond acceptors (Lipinski definition) is 4. The number of nitrogens with two attached hydrogens (primary N) is 1. The number of rotatable bonds is 3. The first-order valence-electron chi connectivity index (χ1n) is 6.99. The van der Waals surface area contributed by atoms with Crippen molar-refractivity contribution in [2.24, 2.45) is 5.92 Å². The van der Waals surface area contributed by atoms with E-state index in [0.717, 1.165) is 26.2 Å². The Morgan fingerprint density at radius 3 is 2.75 bits per heavy atom. The van der Waals surface area contributed by atoms with Crippen LogP contribution in [-0.4, -0.2) is 42.1 Å². The number of piperazine rings is 1. The number of halogens is 2. The van der Waals surface area contributed by atoms with Crippen molar-refractivity contribution < 1.29 is 4.39 Å². The minimum Gasteiger partial charge on any atom is -0.397 e. The number of anilines is 2. The van der Waals surface area contributed by atoms with Crippen LogP contribution in [0, 0.1) is 11.9 Å². The summed E-state index contributed by atoms with van der Waals surface area (Å²) in [6, 6.07) is 1.93. The first kappa shape index (κ1) is 15.3. The van der Waals surface area contributed by atoms with Crippen molar-refractivity contribution >= 4 is 23.1 Å². The van der Waals surface area contributed by atoms with Crippen LogP contribution in [0.15, 0.2) is 6.07 Å².